The summed E-state index contributed by atoms with van der Waals surface area (Å²) in [6, 6.07) is 0. The van der Waals surface area contributed by atoms with Crippen LogP contribution >= 0.6 is 12.6 Å². The van der Waals surface area contributed by atoms with Crippen LogP contribution < -0.4 is 0 Å². The van der Waals surface area contributed by atoms with Crippen LogP contribution in [0.15, 0.2) is 0 Å². The van der Waals surface area contributed by atoms with Crippen molar-refractivity contribution in [1.82, 2.24) is 5.06 Å². The summed E-state index contributed by atoms with van der Waals surface area (Å²) < 4.78 is 4.76. The molecule has 0 saturated carbocycles. The van der Waals surface area contributed by atoms with Crippen molar-refractivity contribution in [3.63, 3.8) is 0 Å². The predicted octanol–water partition coefficient (Wildman–Crippen LogP) is 2.86. The van der Waals surface area contributed by atoms with Gasteiger partial charge in [0.2, 0.25) is 0 Å². The molecule has 0 radical (unpaired) electrons. The van der Waals surface area contributed by atoms with Crippen molar-refractivity contribution in [2.24, 2.45) is 5.92 Å². The molecule has 0 heterocycles. The van der Waals surface area contributed by atoms with Crippen molar-refractivity contribution in [1.29, 1.82) is 0 Å². The van der Waals surface area contributed by atoms with Crippen LogP contribution in [0.5, 0.6) is 0 Å². The van der Waals surface area contributed by atoms with Gasteiger partial charge in [-0.3, -0.25) is 4.79 Å². The average molecular weight is 249 g/mol. The van der Waals surface area contributed by atoms with Gasteiger partial charge in [0.05, 0.1) is 13.2 Å². The Morgan fingerprint density at radius 2 is 2.00 bits per heavy atom. The summed E-state index contributed by atoms with van der Waals surface area (Å²) in [4.78, 5) is 26.9. The first-order valence-electron chi connectivity index (χ1n) is 5.32. The minimum Gasteiger partial charge on any atom is -0.433 e. The molecule has 0 aliphatic carbocycles. The van der Waals surface area contributed by atoms with E-state index in [0.717, 1.165) is 17.9 Å². The standard InChI is InChI=1S/C10H19NO4S/c1-4-5-6-14-10(13)15-11(9(12)16)7-8(2)3/h8H,4-7H2,1-3H3,(H,12,16). The van der Waals surface area contributed by atoms with E-state index in [4.69, 9.17) is 9.57 Å². The maximum Gasteiger partial charge on any atom is 0.533 e. The van der Waals surface area contributed by atoms with Gasteiger partial charge in [0.15, 0.2) is 0 Å². The second kappa shape index (κ2) is 8.27. The first-order valence-corrected chi connectivity index (χ1v) is 5.77. The number of hydroxylamine groups is 2. The number of unbranched alkanes of at least 4 members (excludes halogenated alkanes) is 1. The SMILES string of the molecule is CCCCOC(=O)ON(CC(C)C)C(=O)S. The Kier molecular flexibility index (Phi) is 7.80. The molecule has 0 bridgehead atoms. The van der Waals surface area contributed by atoms with E-state index in [2.05, 4.69) is 12.6 Å². The summed E-state index contributed by atoms with van der Waals surface area (Å²) in [5.41, 5.74) is 0. The molecule has 0 rings (SSSR count). The van der Waals surface area contributed by atoms with E-state index in [0.29, 0.717) is 13.2 Å². The minimum absolute atomic E-state index is 0.180. The largest absolute Gasteiger partial charge is 0.533 e. The van der Waals surface area contributed by atoms with E-state index in [1.54, 1.807) is 0 Å². The highest BCUT2D eigenvalue weighted by Gasteiger charge is 2.17. The van der Waals surface area contributed by atoms with Gasteiger partial charge >= 0.3 is 11.4 Å². The number of carbonyl (C=O) groups is 2. The number of amides is 1. The van der Waals surface area contributed by atoms with Gasteiger partial charge in [0.1, 0.15) is 0 Å². The molecule has 0 unspecified atom stereocenters. The number of hydrogen-bond acceptors (Lipinski definition) is 4. The Bertz CT molecular complexity index is 233. The highest BCUT2D eigenvalue weighted by Crippen LogP contribution is 2.05. The molecular weight excluding hydrogens is 230 g/mol. The van der Waals surface area contributed by atoms with Crippen LogP contribution in [0.1, 0.15) is 33.6 Å². The van der Waals surface area contributed by atoms with E-state index in [1.807, 2.05) is 20.8 Å². The Balaban J connectivity index is 3.98. The fraction of sp³-hybridized carbons (Fsp3) is 0.800. The van der Waals surface area contributed by atoms with Crippen LogP contribution in [-0.2, 0) is 9.57 Å². The van der Waals surface area contributed by atoms with Crippen molar-refractivity contribution in [2.75, 3.05) is 13.2 Å². The Morgan fingerprint density at radius 3 is 2.44 bits per heavy atom. The van der Waals surface area contributed by atoms with Crippen molar-refractivity contribution in [3.8, 4) is 0 Å². The second-order valence-corrected chi connectivity index (χ2v) is 4.16. The van der Waals surface area contributed by atoms with Gasteiger partial charge in [0.25, 0.3) is 0 Å². The zero-order valence-corrected chi connectivity index (χ0v) is 10.8. The molecule has 94 valence electrons. The van der Waals surface area contributed by atoms with Crippen LogP contribution in [0.3, 0.4) is 0 Å². The molecular formula is C10H19NO4S. The highest BCUT2D eigenvalue weighted by molar-refractivity contribution is 7.96. The Hall–Kier alpha value is -0.910. The lowest BCUT2D eigenvalue weighted by molar-refractivity contribution is -0.0898. The lowest BCUT2D eigenvalue weighted by atomic mass is 10.2. The van der Waals surface area contributed by atoms with Crippen molar-refractivity contribution >= 4 is 24.0 Å². The maximum atomic E-state index is 11.1. The van der Waals surface area contributed by atoms with Gasteiger partial charge in [-0.15, -0.1) is 0 Å². The van der Waals surface area contributed by atoms with Gasteiger partial charge in [0, 0.05) is 0 Å². The zero-order valence-electron chi connectivity index (χ0n) is 9.93. The number of carbonyl (C=O) groups excluding carboxylic acids is 2. The summed E-state index contributed by atoms with van der Waals surface area (Å²) in [6.45, 7) is 6.37. The van der Waals surface area contributed by atoms with E-state index in [1.165, 1.54) is 0 Å². The first-order chi connectivity index (χ1) is 7.47. The summed E-state index contributed by atoms with van der Waals surface area (Å²) in [5.74, 6) is 0.180. The Labute approximate surface area is 101 Å². The lowest BCUT2D eigenvalue weighted by Gasteiger charge is -2.20. The van der Waals surface area contributed by atoms with Gasteiger partial charge in [-0.1, -0.05) is 39.8 Å². The van der Waals surface area contributed by atoms with Crippen molar-refractivity contribution < 1.29 is 19.2 Å². The van der Waals surface area contributed by atoms with Gasteiger partial charge in [-0.05, 0) is 12.3 Å². The van der Waals surface area contributed by atoms with E-state index >= 15 is 0 Å². The normalized spacial score (nSPS) is 10.1. The quantitative estimate of drug-likeness (QED) is 0.352. The summed E-state index contributed by atoms with van der Waals surface area (Å²) >= 11 is 3.61. The molecule has 0 aromatic carbocycles. The molecule has 0 fully saturated rings. The highest BCUT2D eigenvalue weighted by atomic mass is 32.1. The van der Waals surface area contributed by atoms with E-state index in [9.17, 15) is 9.59 Å². The molecule has 0 atom stereocenters. The number of hydrogen-bond donors (Lipinski definition) is 1. The van der Waals surface area contributed by atoms with Crippen LogP contribution in [0.4, 0.5) is 9.59 Å². The molecule has 1 amide bonds. The van der Waals surface area contributed by atoms with Crippen molar-refractivity contribution in [2.45, 2.75) is 33.6 Å². The van der Waals surface area contributed by atoms with E-state index < -0.39 is 11.4 Å². The van der Waals surface area contributed by atoms with Gasteiger partial charge < -0.3 is 9.57 Å². The number of thiol groups is 1. The van der Waals surface area contributed by atoms with Crippen LogP contribution in [0.25, 0.3) is 0 Å². The summed E-state index contributed by atoms with van der Waals surface area (Å²) in [6.07, 6.45) is 0.833. The minimum atomic E-state index is -0.864. The molecule has 0 aliphatic rings. The number of ether oxygens (including phenoxy) is 1. The van der Waals surface area contributed by atoms with Crippen LogP contribution in [0.2, 0.25) is 0 Å². The summed E-state index contributed by atoms with van der Waals surface area (Å²) in [7, 11) is 0. The predicted molar refractivity (Wildman–Crippen MR) is 63.3 cm³/mol. The third-order valence-corrected chi connectivity index (χ3v) is 1.87. The molecule has 5 nitrogen and oxygen atoms in total. The van der Waals surface area contributed by atoms with Gasteiger partial charge in [-0.2, -0.15) is 5.06 Å². The Morgan fingerprint density at radius 1 is 1.38 bits per heavy atom. The van der Waals surface area contributed by atoms with E-state index in [-0.39, 0.29) is 5.92 Å². The topological polar surface area (TPSA) is 55.8 Å². The molecule has 6 heteroatoms. The molecule has 0 aromatic rings. The maximum absolute atomic E-state index is 11.1. The first kappa shape index (κ1) is 15.1. The summed E-state index contributed by atoms with van der Waals surface area (Å²) in [5, 5.41) is 0.281. The average Bonchev–Trinajstić information content (AvgIpc) is 2.16. The van der Waals surface area contributed by atoms with Crippen LogP contribution in [0, 0.1) is 5.92 Å². The fourth-order valence-electron chi connectivity index (χ4n) is 0.902. The fourth-order valence-corrected chi connectivity index (χ4v) is 1.02. The third-order valence-electron chi connectivity index (χ3n) is 1.65. The van der Waals surface area contributed by atoms with Crippen LogP contribution in [-0.4, -0.2) is 29.6 Å². The monoisotopic (exact) mass is 249 g/mol. The lowest BCUT2D eigenvalue weighted by Crippen LogP contribution is -2.33. The molecule has 0 aliphatic heterocycles. The zero-order chi connectivity index (χ0) is 12.6. The smallest absolute Gasteiger partial charge is 0.433 e. The molecule has 0 saturated heterocycles. The second-order valence-electron chi connectivity index (χ2n) is 3.78. The van der Waals surface area contributed by atoms with Gasteiger partial charge in [-0.25, -0.2) is 4.79 Å². The van der Waals surface area contributed by atoms with Crippen molar-refractivity contribution in [3.05, 3.63) is 0 Å². The molecule has 0 N–H and O–H groups in total. The molecule has 0 aromatic heterocycles. The number of rotatable bonds is 5. The molecule has 0 spiro atoms. The third kappa shape index (κ3) is 7.39. The molecule has 16 heavy (non-hydrogen) atoms. The number of nitrogens with zero attached hydrogens (tertiary/aromatic N) is 1.